The Kier molecular flexibility index (Phi) is 12.6. The quantitative estimate of drug-likeness (QED) is 0.125. The van der Waals surface area contributed by atoms with Gasteiger partial charge in [-0.25, -0.2) is 0 Å². The Bertz CT molecular complexity index is 2780. The van der Waals surface area contributed by atoms with Crippen molar-refractivity contribution in [3.05, 3.63) is 222 Å². The molecule has 0 unspecified atom stereocenters. The van der Waals surface area contributed by atoms with E-state index in [9.17, 15) is 0 Å². The molecule has 7 aromatic carbocycles. The van der Waals surface area contributed by atoms with Gasteiger partial charge >= 0.3 is 0 Å². The summed E-state index contributed by atoms with van der Waals surface area (Å²) in [6.45, 7) is 11.4. The summed E-state index contributed by atoms with van der Waals surface area (Å²) in [5.41, 5.74) is 20.1. The molecule has 4 heteroatoms. The highest BCUT2D eigenvalue weighted by Gasteiger charge is 2.26. The first-order valence-corrected chi connectivity index (χ1v) is 23.2. The minimum absolute atomic E-state index is 0.373. The zero-order valence-electron chi connectivity index (χ0n) is 38.1. The lowest BCUT2D eigenvalue weighted by atomic mass is 9.92. The van der Waals surface area contributed by atoms with Crippen molar-refractivity contribution in [1.29, 1.82) is 0 Å². The highest BCUT2D eigenvalue weighted by Crippen LogP contribution is 2.48. The molecule has 0 heterocycles. The lowest BCUT2D eigenvalue weighted by Gasteiger charge is -2.35. The van der Waals surface area contributed by atoms with Crippen molar-refractivity contribution in [3.8, 4) is 11.1 Å². The maximum atomic E-state index is 3.98. The lowest BCUT2D eigenvalue weighted by Crippen LogP contribution is -2.21. The molecule has 0 fully saturated rings. The van der Waals surface area contributed by atoms with E-state index in [1.165, 1.54) is 69.0 Å². The van der Waals surface area contributed by atoms with E-state index in [0.29, 0.717) is 5.92 Å². The van der Waals surface area contributed by atoms with Crippen LogP contribution in [0.15, 0.2) is 199 Å². The molecule has 0 radical (unpaired) electrons. The van der Waals surface area contributed by atoms with E-state index in [1.54, 1.807) is 0 Å². The van der Waals surface area contributed by atoms with E-state index >= 15 is 0 Å². The number of rotatable bonds is 13. The SMILES string of the molecule is Cc1cc(N(C2=CCCCC2)c2ccccc2)ccc1N(C1=CCCC=C1)c1cc(N(c2ccccc2)c2ccccc2)cc(-c2cccc(C)c2Nc2ccccc2C(C)C)c1C. The van der Waals surface area contributed by atoms with Gasteiger partial charge in [-0.05, 0) is 172 Å². The number of allylic oxidation sites excluding steroid dienone is 5. The minimum atomic E-state index is 0.373. The summed E-state index contributed by atoms with van der Waals surface area (Å²) >= 11 is 0. The van der Waals surface area contributed by atoms with E-state index < -0.39 is 0 Å². The van der Waals surface area contributed by atoms with Crippen LogP contribution < -0.4 is 20.0 Å². The van der Waals surface area contributed by atoms with Crippen molar-refractivity contribution in [3.63, 3.8) is 0 Å². The van der Waals surface area contributed by atoms with Crippen molar-refractivity contribution >= 4 is 51.2 Å². The minimum Gasteiger partial charge on any atom is -0.355 e. The molecule has 1 N–H and O–H groups in total. The van der Waals surface area contributed by atoms with E-state index in [1.807, 2.05) is 0 Å². The average molecular weight is 837 g/mol. The topological polar surface area (TPSA) is 21.8 Å². The van der Waals surface area contributed by atoms with Crippen LogP contribution in [0.25, 0.3) is 11.1 Å². The van der Waals surface area contributed by atoms with E-state index in [2.05, 4.69) is 243 Å². The van der Waals surface area contributed by atoms with Gasteiger partial charge in [0.2, 0.25) is 0 Å². The third-order valence-electron chi connectivity index (χ3n) is 12.8. The van der Waals surface area contributed by atoms with Gasteiger partial charge in [0.15, 0.2) is 0 Å². The van der Waals surface area contributed by atoms with Gasteiger partial charge in [-0.15, -0.1) is 0 Å². The molecule has 9 rings (SSSR count). The van der Waals surface area contributed by atoms with Crippen molar-refractivity contribution in [2.45, 2.75) is 79.1 Å². The Labute approximate surface area is 381 Å². The second-order valence-electron chi connectivity index (χ2n) is 17.5. The molecule has 0 saturated heterocycles. The maximum absolute atomic E-state index is 3.98. The zero-order valence-corrected chi connectivity index (χ0v) is 38.1. The van der Waals surface area contributed by atoms with Crippen LogP contribution in [0.5, 0.6) is 0 Å². The Balaban J connectivity index is 1.28. The first kappa shape index (κ1) is 42.3. The highest BCUT2D eigenvalue weighted by atomic mass is 15.2. The van der Waals surface area contributed by atoms with Gasteiger partial charge in [-0.2, -0.15) is 0 Å². The van der Waals surface area contributed by atoms with Crippen molar-refractivity contribution in [2.24, 2.45) is 0 Å². The number of nitrogens with one attached hydrogen (secondary N) is 1. The first-order chi connectivity index (χ1) is 31.4. The van der Waals surface area contributed by atoms with Gasteiger partial charge in [-0.1, -0.05) is 123 Å². The lowest BCUT2D eigenvalue weighted by molar-refractivity contribution is 0.691. The monoisotopic (exact) mass is 836 g/mol. The molecule has 0 bridgehead atoms. The van der Waals surface area contributed by atoms with Gasteiger partial charge in [-0.3, -0.25) is 0 Å². The summed E-state index contributed by atoms with van der Waals surface area (Å²) in [6, 6.07) is 59.8. The summed E-state index contributed by atoms with van der Waals surface area (Å²) < 4.78 is 0. The first-order valence-electron chi connectivity index (χ1n) is 23.2. The number of benzene rings is 7. The average Bonchev–Trinajstić information content (AvgIpc) is 3.33. The van der Waals surface area contributed by atoms with Crippen molar-refractivity contribution in [1.82, 2.24) is 0 Å². The zero-order chi connectivity index (χ0) is 44.0. The Hall–Kier alpha value is -7.04. The van der Waals surface area contributed by atoms with Crippen molar-refractivity contribution in [2.75, 3.05) is 20.0 Å². The largest absolute Gasteiger partial charge is 0.355 e. The molecule has 0 saturated carbocycles. The Morgan fingerprint density at radius 1 is 0.484 bits per heavy atom. The van der Waals surface area contributed by atoms with Crippen LogP contribution in [0.2, 0.25) is 0 Å². The fraction of sp³-hybridized carbons (Fsp3) is 0.200. The number of aryl methyl sites for hydroxylation is 2. The highest BCUT2D eigenvalue weighted by molar-refractivity contribution is 5.93. The van der Waals surface area contributed by atoms with Gasteiger partial charge in [0, 0.05) is 62.5 Å². The molecule has 64 heavy (non-hydrogen) atoms. The molecule has 0 amide bonds. The molecule has 0 atom stereocenters. The molecule has 2 aliphatic rings. The van der Waals surface area contributed by atoms with Crippen LogP contribution >= 0.6 is 0 Å². The van der Waals surface area contributed by atoms with Crippen LogP contribution in [0.1, 0.15) is 80.5 Å². The molecule has 2 aliphatic carbocycles. The normalized spacial score (nSPS) is 13.6. The number of hydrogen-bond acceptors (Lipinski definition) is 4. The van der Waals surface area contributed by atoms with Crippen LogP contribution in [-0.4, -0.2) is 0 Å². The Morgan fingerprint density at radius 3 is 1.78 bits per heavy atom. The number of para-hydroxylation sites is 5. The van der Waals surface area contributed by atoms with E-state index in [0.717, 1.165) is 65.5 Å². The van der Waals surface area contributed by atoms with Gasteiger partial charge in [0.05, 0.1) is 5.69 Å². The fourth-order valence-corrected chi connectivity index (χ4v) is 9.52. The van der Waals surface area contributed by atoms with Crippen LogP contribution in [-0.2, 0) is 0 Å². The summed E-state index contributed by atoms with van der Waals surface area (Å²) in [6.07, 6.45) is 16.2. The molecule has 0 aliphatic heterocycles. The maximum Gasteiger partial charge on any atom is 0.0517 e. The van der Waals surface area contributed by atoms with Gasteiger partial charge in [0.1, 0.15) is 0 Å². The van der Waals surface area contributed by atoms with E-state index in [4.69, 9.17) is 0 Å². The predicted octanol–water partition coefficient (Wildman–Crippen LogP) is 17.6. The molecule has 320 valence electrons. The number of anilines is 9. The van der Waals surface area contributed by atoms with Gasteiger partial charge < -0.3 is 20.0 Å². The predicted molar refractivity (Wildman–Crippen MR) is 275 cm³/mol. The summed E-state index contributed by atoms with van der Waals surface area (Å²) in [4.78, 5) is 7.40. The Morgan fingerprint density at radius 2 is 1.16 bits per heavy atom. The third-order valence-corrected chi connectivity index (χ3v) is 12.8. The molecule has 0 aromatic heterocycles. The number of hydrogen-bond donors (Lipinski definition) is 1. The molecular weight excluding hydrogens is 777 g/mol. The van der Waals surface area contributed by atoms with Crippen molar-refractivity contribution < 1.29 is 0 Å². The van der Waals surface area contributed by atoms with Gasteiger partial charge in [0.25, 0.3) is 0 Å². The molecular formula is C60H60N4. The second kappa shape index (κ2) is 19.1. The second-order valence-corrected chi connectivity index (χ2v) is 17.5. The summed E-state index contributed by atoms with van der Waals surface area (Å²) in [5.74, 6) is 0.373. The van der Waals surface area contributed by atoms with Crippen LogP contribution in [0.3, 0.4) is 0 Å². The fourth-order valence-electron chi connectivity index (χ4n) is 9.52. The molecule has 0 spiro atoms. The van der Waals surface area contributed by atoms with E-state index in [-0.39, 0.29) is 0 Å². The standard InChI is InChI=1S/C60H60N4/c1-43(2)54-35-21-22-37-57(54)61-60-44(3)24-23-36-55(60)56-41-53(63(49-29-15-8-16-30-49)50-31-17-9-18-32-50)42-59(46(56)5)64(51-33-19-10-20-34-51)58-39-38-52(40-45(58)4)62(47-25-11-6-12-26-47)48-27-13-7-14-28-48/h6,8-9,11-12,15-19,21-27,29-43,61H,7,10,13-14,20,28H2,1-5H3. The van der Waals surface area contributed by atoms with Crippen LogP contribution in [0, 0.1) is 20.8 Å². The molecule has 7 aromatic rings. The smallest absolute Gasteiger partial charge is 0.0517 e. The van der Waals surface area contributed by atoms with Crippen LogP contribution in [0.4, 0.5) is 51.2 Å². The summed E-state index contributed by atoms with van der Waals surface area (Å²) in [7, 11) is 0. The molecule has 4 nitrogen and oxygen atoms in total. The third kappa shape index (κ3) is 8.79. The number of nitrogens with zero attached hydrogens (tertiary/aromatic N) is 3. The summed E-state index contributed by atoms with van der Waals surface area (Å²) in [5, 5.41) is 3.98.